The van der Waals surface area contributed by atoms with Gasteiger partial charge in [0.05, 0.1) is 0 Å². The van der Waals surface area contributed by atoms with Crippen LogP contribution in [0.15, 0.2) is 18.2 Å². The fourth-order valence-corrected chi connectivity index (χ4v) is 4.05. The van der Waals surface area contributed by atoms with Crippen molar-refractivity contribution in [3.8, 4) is 0 Å². The highest BCUT2D eigenvalue weighted by Crippen LogP contribution is 2.21. The topological polar surface area (TPSA) is 45.3 Å². The highest BCUT2D eigenvalue weighted by atomic mass is 16.5. The van der Waals surface area contributed by atoms with Crippen LogP contribution in [0.1, 0.15) is 49.8 Å². The lowest BCUT2D eigenvalue weighted by molar-refractivity contribution is 0.0748. The van der Waals surface area contributed by atoms with Crippen molar-refractivity contribution in [2.75, 3.05) is 32.8 Å². The Morgan fingerprint density at radius 3 is 2.85 bits per heavy atom. The Labute approximate surface area is 159 Å². The molecule has 0 spiro atoms. The summed E-state index contributed by atoms with van der Waals surface area (Å²) in [6.07, 6.45) is 4.65. The maximum atomic E-state index is 5.44. The smallest absolute Gasteiger partial charge is 0.0480 e. The third-order valence-corrected chi connectivity index (χ3v) is 6.00. The summed E-state index contributed by atoms with van der Waals surface area (Å²) in [5.41, 5.74) is 4.80. The van der Waals surface area contributed by atoms with Gasteiger partial charge >= 0.3 is 0 Å². The van der Waals surface area contributed by atoms with E-state index in [1.54, 1.807) is 5.56 Å². The number of fused-ring (bicyclic) bond motifs is 1. The quantitative estimate of drug-likeness (QED) is 0.625. The van der Waals surface area contributed by atoms with E-state index in [0.717, 1.165) is 58.7 Å². The highest BCUT2D eigenvalue weighted by molar-refractivity contribution is 5.36. The predicted octanol–water partition coefficient (Wildman–Crippen LogP) is 2.78. The van der Waals surface area contributed by atoms with Crippen LogP contribution in [0.25, 0.3) is 0 Å². The van der Waals surface area contributed by atoms with E-state index in [2.05, 4.69) is 54.9 Å². The Kier molecular flexibility index (Phi) is 7.10. The molecule has 1 aromatic rings. The molecular weight excluding hydrogens is 322 g/mol. The molecule has 1 saturated heterocycles. The van der Waals surface area contributed by atoms with E-state index in [1.807, 2.05) is 0 Å². The fraction of sp³-hybridized carbons (Fsp3) is 0.727. The zero-order valence-corrected chi connectivity index (χ0v) is 16.9. The average Bonchev–Trinajstić information content (AvgIpc) is 2.65. The lowest BCUT2D eigenvalue weighted by atomic mass is 9.88. The molecule has 4 heteroatoms. The molecule has 0 unspecified atom stereocenters. The van der Waals surface area contributed by atoms with E-state index in [-0.39, 0.29) is 0 Å². The molecule has 26 heavy (non-hydrogen) atoms. The number of ether oxygens (including phenoxy) is 1. The van der Waals surface area contributed by atoms with E-state index in [4.69, 9.17) is 4.74 Å². The molecule has 146 valence electrons. The fourth-order valence-electron chi connectivity index (χ4n) is 4.05. The van der Waals surface area contributed by atoms with Gasteiger partial charge in [-0.15, -0.1) is 0 Å². The Morgan fingerprint density at radius 2 is 2.04 bits per heavy atom. The van der Waals surface area contributed by atoms with E-state index in [9.17, 15) is 0 Å². The normalized spacial score (nSPS) is 21.6. The number of nitrogens with one attached hydrogen (secondary N) is 3. The summed E-state index contributed by atoms with van der Waals surface area (Å²) in [5, 5.41) is 11.1. The third kappa shape index (κ3) is 5.78. The summed E-state index contributed by atoms with van der Waals surface area (Å²) >= 11 is 0. The predicted molar refractivity (Wildman–Crippen MR) is 109 cm³/mol. The molecule has 1 aromatic carbocycles. The summed E-state index contributed by atoms with van der Waals surface area (Å²) in [4.78, 5) is 0. The van der Waals surface area contributed by atoms with Crippen molar-refractivity contribution in [3.05, 3.63) is 34.9 Å². The maximum Gasteiger partial charge on any atom is 0.0480 e. The molecule has 3 rings (SSSR count). The molecule has 0 bridgehead atoms. The van der Waals surface area contributed by atoms with Crippen molar-refractivity contribution in [2.24, 2.45) is 5.41 Å². The van der Waals surface area contributed by atoms with Crippen LogP contribution in [0.5, 0.6) is 0 Å². The first-order chi connectivity index (χ1) is 12.5. The van der Waals surface area contributed by atoms with Crippen LogP contribution >= 0.6 is 0 Å². The van der Waals surface area contributed by atoms with Crippen molar-refractivity contribution in [2.45, 2.75) is 65.1 Å². The zero-order chi connectivity index (χ0) is 18.4. The Morgan fingerprint density at radius 1 is 1.23 bits per heavy atom. The molecule has 3 N–H and O–H groups in total. The summed E-state index contributed by atoms with van der Waals surface area (Å²) in [6, 6.07) is 7.86. The zero-order valence-electron chi connectivity index (χ0n) is 16.9. The van der Waals surface area contributed by atoms with Gasteiger partial charge in [-0.3, -0.25) is 0 Å². The highest BCUT2D eigenvalue weighted by Gasteiger charge is 2.22. The molecule has 0 amide bonds. The molecule has 2 heterocycles. The minimum absolute atomic E-state index is 0.328. The Bertz CT molecular complexity index is 567. The van der Waals surface area contributed by atoms with Crippen LogP contribution in [0.3, 0.4) is 0 Å². The first-order valence-electron chi connectivity index (χ1n) is 10.4. The Balaban J connectivity index is 1.34. The molecule has 1 fully saturated rings. The lowest BCUT2D eigenvalue weighted by Gasteiger charge is -2.31. The molecule has 0 radical (unpaired) electrons. The van der Waals surface area contributed by atoms with Gasteiger partial charge in [-0.05, 0) is 61.3 Å². The van der Waals surface area contributed by atoms with Crippen LogP contribution in [0, 0.1) is 12.3 Å². The first-order valence-corrected chi connectivity index (χ1v) is 10.4. The van der Waals surface area contributed by atoms with Gasteiger partial charge in [0.25, 0.3) is 0 Å². The molecule has 4 nitrogen and oxygen atoms in total. The molecule has 2 aliphatic rings. The molecule has 0 aromatic heterocycles. The molecule has 0 saturated carbocycles. The van der Waals surface area contributed by atoms with Crippen LogP contribution in [0.2, 0.25) is 0 Å². The van der Waals surface area contributed by atoms with Crippen LogP contribution in [-0.2, 0) is 17.7 Å². The van der Waals surface area contributed by atoms with Gasteiger partial charge in [-0.25, -0.2) is 0 Å². The molecule has 1 atom stereocenters. The van der Waals surface area contributed by atoms with Gasteiger partial charge in [-0.1, -0.05) is 32.0 Å². The lowest BCUT2D eigenvalue weighted by Crippen LogP contribution is -2.44. The van der Waals surface area contributed by atoms with Crippen molar-refractivity contribution >= 4 is 0 Å². The number of rotatable bonds is 8. The second-order valence-electron chi connectivity index (χ2n) is 8.88. The second-order valence-corrected chi connectivity index (χ2v) is 8.88. The van der Waals surface area contributed by atoms with Gasteiger partial charge < -0.3 is 20.7 Å². The average molecular weight is 360 g/mol. The van der Waals surface area contributed by atoms with Crippen LogP contribution < -0.4 is 16.0 Å². The second kappa shape index (κ2) is 9.32. The van der Waals surface area contributed by atoms with Crippen molar-refractivity contribution in [1.29, 1.82) is 0 Å². The summed E-state index contributed by atoms with van der Waals surface area (Å²) < 4.78 is 5.44. The number of hydrogen-bond donors (Lipinski definition) is 3. The van der Waals surface area contributed by atoms with E-state index in [1.165, 1.54) is 17.5 Å². The first kappa shape index (κ1) is 19.8. The van der Waals surface area contributed by atoms with Gasteiger partial charge in [0.15, 0.2) is 0 Å². The van der Waals surface area contributed by atoms with Crippen molar-refractivity contribution < 1.29 is 4.74 Å². The van der Waals surface area contributed by atoms with E-state index >= 15 is 0 Å². The maximum absolute atomic E-state index is 5.44. The van der Waals surface area contributed by atoms with Gasteiger partial charge in [0, 0.05) is 44.9 Å². The summed E-state index contributed by atoms with van der Waals surface area (Å²) in [7, 11) is 0. The van der Waals surface area contributed by atoms with Gasteiger partial charge in [-0.2, -0.15) is 0 Å². The van der Waals surface area contributed by atoms with Crippen molar-refractivity contribution in [1.82, 2.24) is 16.0 Å². The largest absolute Gasteiger partial charge is 0.381 e. The SMILES string of the molecule is Cc1cccc2c1C[C@H](CNCCC(C)(C)CNC1CCOCC1)NC2. The Hall–Kier alpha value is -0.940. The summed E-state index contributed by atoms with van der Waals surface area (Å²) in [5.74, 6) is 0. The van der Waals surface area contributed by atoms with Crippen LogP contribution in [0.4, 0.5) is 0 Å². The number of hydrogen-bond acceptors (Lipinski definition) is 4. The minimum atomic E-state index is 0.328. The molecule has 2 aliphatic heterocycles. The third-order valence-electron chi connectivity index (χ3n) is 6.00. The monoisotopic (exact) mass is 359 g/mol. The van der Waals surface area contributed by atoms with E-state index < -0.39 is 0 Å². The van der Waals surface area contributed by atoms with Crippen molar-refractivity contribution in [3.63, 3.8) is 0 Å². The van der Waals surface area contributed by atoms with Gasteiger partial charge in [0.1, 0.15) is 0 Å². The molecular formula is C22H37N3O. The molecule has 0 aliphatic carbocycles. The number of aryl methyl sites for hydroxylation is 1. The summed E-state index contributed by atoms with van der Waals surface area (Å²) in [6.45, 7) is 13.0. The van der Waals surface area contributed by atoms with Crippen LogP contribution in [-0.4, -0.2) is 44.9 Å². The standard InChI is InChI=1S/C22H37N3O/c1-17-5-4-6-18-14-24-20(13-21(17)18)15-23-10-9-22(2,3)16-25-19-7-11-26-12-8-19/h4-6,19-20,23-25H,7-16H2,1-3H3/t20-/m1/s1. The van der Waals surface area contributed by atoms with E-state index in [0.29, 0.717) is 17.5 Å². The number of benzene rings is 1. The minimum Gasteiger partial charge on any atom is -0.381 e. The van der Waals surface area contributed by atoms with Gasteiger partial charge in [0.2, 0.25) is 0 Å².